The monoisotopic (exact) mass is 348 g/mol. The second kappa shape index (κ2) is 6.26. The zero-order chi connectivity index (χ0) is 17.4. The first-order chi connectivity index (χ1) is 12.2. The maximum absolute atomic E-state index is 12.3. The van der Waals surface area contributed by atoms with Gasteiger partial charge in [0, 0.05) is 26.7 Å². The van der Waals surface area contributed by atoms with Crippen molar-refractivity contribution in [2.24, 2.45) is 0 Å². The summed E-state index contributed by atoms with van der Waals surface area (Å²) in [7, 11) is 1.38. The Morgan fingerprint density at radius 3 is 2.64 bits per heavy atom. The fourth-order valence-electron chi connectivity index (χ4n) is 3.13. The van der Waals surface area contributed by atoms with E-state index in [4.69, 9.17) is 4.74 Å². The van der Waals surface area contributed by atoms with E-state index in [9.17, 15) is 4.79 Å². The largest absolute Gasteiger partial charge is 0.464 e. The van der Waals surface area contributed by atoms with E-state index in [2.05, 4.69) is 34.4 Å². The van der Waals surface area contributed by atoms with Gasteiger partial charge in [-0.05, 0) is 30.0 Å². The van der Waals surface area contributed by atoms with Gasteiger partial charge in [-0.25, -0.2) is 9.78 Å². The van der Waals surface area contributed by atoms with Crippen LogP contribution >= 0.6 is 11.8 Å². The number of fused-ring (bicyclic) bond motifs is 3. The summed E-state index contributed by atoms with van der Waals surface area (Å²) < 4.78 is 4.97. The number of carbonyl (C=O) groups is 1. The van der Waals surface area contributed by atoms with Crippen LogP contribution in [-0.2, 0) is 4.74 Å². The molecule has 0 unspecified atom stereocenters. The Morgan fingerprint density at radius 2 is 1.92 bits per heavy atom. The van der Waals surface area contributed by atoms with Crippen molar-refractivity contribution in [3.63, 3.8) is 0 Å². The molecule has 2 aromatic heterocycles. The van der Waals surface area contributed by atoms with E-state index in [1.54, 1.807) is 18.0 Å². The molecule has 4 nitrogen and oxygen atoms in total. The van der Waals surface area contributed by atoms with Gasteiger partial charge in [0.2, 0.25) is 0 Å². The zero-order valence-corrected chi connectivity index (χ0v) is 14.7. The fraction of sp³-hybridized carbons (Fsp3) is 0.100. The standard InChI is InChI=1S/C20H16N2O2S/c1-24-20(23)19-17(12-6-4-3-5-7-12)18-14-10-13(25-2)8-9-15(14)22-16(18)11-21-19/h3-11,22H,1-2H3. The molecule has 0 aliphatic heterocycles. The molecule has 0 saturated carbocycles. The van der Waals surface area contributed by atoms with Crippen molar-refractivity contribution in [1.29, 1.82) is 0 Å². The van der Waals surface area contributed by atoms with Crippen LogP contribution in [0.25, 0.3) is 32.9 Å². The highest BCUT2D eigenvalue weighted by atomic mass is 32.2. The molecule has 1 N–H and O–H groups in total. The molecule has 0 fully saturated rings. The van der Waals surface area contributed by atoms with Crippen LogP contribution in [0.4, 0.5) is 0 Å². The Hall–Kier alpha value is -2.79. The van der Waals surface area contributed by atoms with Gasteiger partial charge in [-0.2, -0.15) is 0 Å². The lowest BCUT2D eigenvalue weighted by molar-refractivity contribution is 0.0595. The number of pyridine rings is 1. The Kier molecular flexibility index (Phi) is 3.93. The van der Waals surface area contributed by atoms with Crippen molar-refractivity contribution in [1.82, 2.24) is 9.97 Å². The summed E-state index contributed by atoms with van der Waals surface area (Å²) >= 11 is 1.69. The molecular weight excluding hydrogens is 332 g/mol. The lowest BCUT2D eigenvalue weighted by atomic mass is 9.98. The van der Waals surface area contributed by atoms with Crippen molar-refractivity contribution in [3.05, 3.63) is 60.4 Å². The number of rotatable bonds is 3. The van der Waals surface area contributed by atoms with E-state index in [1.165, 1.54) is 12.0 Å². The molecule has 0 spiro atoms. The second-order valence-electron chi connectivity index (χ2n) is 5.66. The van der Waals surface area contributed by atoms with E-state index in [-0.39, 0.29) is 0 Å². The fourth-order valence-corrected chi connectivity index (χ4v) is 3.57. The van der Waals surface area contributed by atoms with Gasteiger partial charge in [0.05, 0.1) is 18.8 Å². The molecular formula is C20H16N2O2S. The maximum atomic E-state index is 12.3. The number of H-pyrrole nitrogens is 1. The number of thioether (sulfide) groups is 1. The van der Waals surface area contributed by atoms with Crippen LogP contribution in [0.1, 0.15) is 10.5 Å². The lowest BCUT2D eigenvalue weighted by Gasteiger charge is -2.09. The Morgan fingerprint density at radius 1 is 1.12 bits per heavy atom. The van der Waals surface area contributed by atoms with Gasteiger partial charge in [0.25, 0.3) is 0 Å². The summed E-state index contributed by atoms with van der Waals surface area (Å²) in [6, 6.07) is 16.1. The van der Waals surface area contributed by atoms with Crippen molar-refractivity contribution >= 4 is 39.5 Å². The smallest absolute Gasteiger partial charge is 0.357 e. The third kappa shape index (κ3) is 2.57. The molecule has 0 atom stereocenters. The summed E-state index contributed by atoms with van der Waals surface area (Å²) in [5, 5.41) is 2.07. The number of nitrogens with zero attached hydrogens (tertiary/aromatic N) is 1. The first kappa shape index (κ1) is 15.7. The Bertz CT molecular complexity index is 1090. The molecule has 4 rings (SSSR count). The van der Waals surface area contributed by atoms with Crippen molar-refractivity contribution in [2.45, 2.75) is 4.90 Å². The first-order valence-corrected chi connectivity index (χ1v) is 9.07. The minimum absolute atomic E-state index is 0.330. The molecule has 4 aromatic rings. The average Bonchev–Trinajstić information content (AvgIpc) is 3.05. The van der Waals surface area contributed by atoms with Crippen LogP contribution in [0.15, 0.2) is 59.6 Å². The van der Waals surface area contributed by atoms with E-state index < -0.39 is 5.97 Å². The number of aromatic amines is 1. The molecule has 0 radical (unpaired) electrons. The number of hydrogen-bond acceptors (Lipinski definition) is 4. The molecule has 124 valence electrons. The molecule has 0 aliphatic carbocycles. The number of hydrogen-bond donors (Lipinski definition) is 1. The number of nitrogens with one attached hydrogen (secondary N) is 1. The first-order valence-electron chi connectivity index (χ1n) is 7.85. The van der Waals surface area contributed by atoms with Gasteiger partial charge >= 0.3 is 5.97 Å². The van der Waals surface area contributed by atoms with Gasteiger partial charge in [0.1, 0.15) is 0 Å². The van der Waals surface area contributed by atoms with Crippen LogP contribution in [0.3, 0.4) is 0 Å². The molecule has 25 heavy (non-hydrogen) atoms. The van der Waals surface area contributed by atoms with Crippen molar-refractivity contribution in [3.8, 4) is 11.1 Å². The van der Waals surface area contributed by atoms with Crippen LogP contribution in [0.5, 0.6) is 0 Å². The van der Waals surface area contributed by atoms with Gasteiger partial charge in [-0.15, -0.1) is 11.8 Å². The molecule has 0 saturated heterocycles. The van der Waals surface area contributed by atoms with Crippen LogP contribution in [0.2, 0.25) is 0 Å². The van der Waals surface area contributed by atoms with Crippen LogP contribution < -0.4 is 0 Å². The topological polar surface area (TPSA) is 55.0 Å². The number of carbonyl (C=O) groups excluding carboxylic acids is 1. The average molecular weight is 348 g/mol. The zero-order valence-electron chi connectivity index (χ0n) is 13.9. The number of ether oxygens (including phenoxy) is 1. The van der Waals surface area contributed by atoms with E-state index in [0.717, 1.165) is 32.9 Å². The molecule has 0 bridgehead atoms. The van der Waals surface area contributed by atoms with Crippen LogP contribution in [0, 0.1) is 0 Å². The minimum Gasteiger partial charge on any atom is -0.464 e. The van der Waals surface area contributed by atoms with Gasteiger partial charge in [0.15, 0.2) is 5.69 Å². The quantitative estimate of drug-likeness (QED) is 0.423. The van der Waals surface area contributed by atoms with Crippen molar-refractivity contribution < 1.29 is 9.53 Å². The highest BCUT2D eigenvalue weighted by molar-refractivity contribution is 7.98. The molecule has 0 aliphatic rings. The normalized spacial score (nSPS) is 11.1. The summed E-state index contributed by atoms with van der Waals surface area (Å²) in [5.74, 6) is -0.434. The maximum Gasteiger partial charge on any atom is 0.357 e. The number of methoxy groups -OCH3 is 1. The molecule has 2 heterocycles. The summed E-state index contributed by atoms with van der Waals surface area (Å²) in [4.78, 5) is 21.3. The summed E-state index contributed by atoms with van der Waals surface area (Å²) in [6.07, 6.45) is 3.75. The lowest BCUT2D eigenvalue weighted by Crippen LogP contribution is -2.06. The predicted octanol–water partition coefficient (Wildman–Crippen LogP) is 4.89. The SMILES string of the molecule is COC(=O)c1ncc2[nH]c3ccc(SC)cc3c2c1-c1ccccc1. The summed E-state index contributed by atoms with van der Waals surface area (Å²) in [6.45, 7) is 0. The number of esters is 1. The highest BCUT2D eigenvalue weighted by Crippen LogP contribution is 2.37. The summed E-state index contributed by atoms with van der Waals surface area (Å²) in [5.41, 5.74) is 4.00. The van der Waals surface area contributed by atoms with E-state index in [0.29, 0.717) is 5.69 Å². The Labute approximate surface area is 149 Å². The third-order valence-corrected chi connectivity index (χ3v) is 5.01. The molecule has 0 amide bonds. The van der Waals surface area contributed by atoms with Gasteiger partial charge < -0.3 is 9.72 Å². The van der Waals surface area contributed by atoms with Crippen molar-refractivity contribution in [2.75, 3.05) is 13.4 Å². The third-order valence-electron chi connectivity index (χ3n) is 4.29. The highest BCUT2D eigenvalue weighted by Gasteiger charge is 2.21. The minimum atomic E-state index is -0.434. The van der Waals surface area contributed by atoms with Gasteiger partial charge in [-0.3, -0.25) is 0 Å². The number of aromatic nitrogens is 2. The predicted molar refractivity (Wildman–Crippen MR) is 102 cm³/mol. The Balaban J connectivity index is 2.17. The number of benzene rings is 2. The van der Waals surface area contributed by atoms with Crippen LogP contribution in [-0.4, -0.2) is 29.3 Å². The molecule has 5 heteroatoms. The second-order valence-corrected chi connectivity index (χ2v) is 6.54. The van der Waals surface area contributed by atoms with Gasteiger partial charge in [-0.1, -0.05) is 30.3 Å². The molecule has 2 aromatic carbocycles. The van der Waals surface area contributed by atoms with E-state index >= 15 is 0 Å². The van der Waals surface area contributed by atoms with E-state index in [1.807, 2.05) is 30.3 Å².